The maximum atomic E-state index is 13.5. The van der Waals surface area contributed by atoms with Crippen LogP contribution in [0.1, 0.15) is 35.7 Å². The minimum absolute atomic E-state index is 0.146. The first-order valence-corrected chi connectivity index (χ1v) is 5.69. The van der Waals surface area contributed by atoms with Gasteiger partial charge in [0.1, 0.15) is 5.82 Å². The second kappa shape index (κ2) is 4.24. The van der Waals surface area contributed by atoms with E-state index in [-0.39, 0.29) is 17.5 Å². The Bertz CT molecular complexity index is 416. The zero-order valence-corrected chi connectivity index (χ0v) is 9.59. The lowest BCUT2D eigenvalue weighted by molar-refractivity contribution is 0.0945. The molecule has 2 rings (SSSR count). The van der Waals surface area contributed by atoms with Crippen molar-refractivity contribution in [2.24, 2.45) is 5.92 Å². The number of carbonyl (C=O) groups excluding carboxylic acids is 1. The lowest BCUT2D eigenvalue weighted by atomic mass is 10.1. The van der Waals surface area contributed by atoms with Crippen molar-refractivity contribution < 1.29 is 9.18 Å². The van der Waals surface area contributed by atoms with E-state index in [4.69, 9.17) is 0 Å². The van der Waals surface area contributed by atoms with Crippen LogP contribution in [0.25, 0.3) is 0 Å². The van der Waals surface area contributed by atoms with E-state index in [1.807, 2.05) is 0 Å². The van der Waals surface area contributed by atoms with Crippen molar-refractivity contribution in [3.63, 3.8) is 0 Å². The molecule has 0 radical (unpaired) electrons. The zero-order valence-electron chi connectivity index (χ0n) is 9.59. The second-order valence-electron chi connectivity index (χ2n) is 4.47. The third kappa shape index (κ3) is 2.23. The monoisotopic (exact) mass is 221 g/mol. The van der Waals surface area contributed by atoms with Gasteiger partial charge in [0, 0.05) is 6.04 Å². The summed E-state index contributed by atoms with van der Waals surface area (Å²) in [7, 11) is 0. The molecule has 0 aromatic heterocycles. The van der Waals surface area contributed by atoms with Crippen LogP contribution in [0, 0.1) is 18.7 Å². The number of amides is 1. The summed E-state index contributed by atoms with van der Waals surface area (Å²) >= 11 is 0. The molecule has 3 heteroatoms. The Labute approximate surface area is 94.9 Å². The molecular weight excluding hydrogens is 205 g/mol. The fourth-order valence-corrected chi connectivity index (χ4v) is 1.93. The van der Waals surface area contributed by atoms with Gasteiger partial charge in [-0.15, -0.1) is 0 Å². The van der Waals surface area contributed by atoms with E-state index in [1.54, 1.807) is 19.1 Å². The van der Waals surface area contributed by atoms with E-state index in [2.05, 4.69) is 12.2 Å². The van der Waals surface area contributed by atoms with Gasteiger partial charge in [-0.25, -0.2) is 4.39 Å². The number of aryl methyl sites for hydroxylation is 1. The van der Waals surface area contributed by atoms with Gasteiger partial charge in [-0.3, -0.25) is 4.79 Å². The van der Waals surface area contributed by atoms with Gasteiger partial charge in [0.05, 0.1) is 5.56 Å². The smallest absolute Gasteiger partial charge is 0.254 e. The van der Waals surface area contributed by atoms with Crippen LogP contribution in [-0.4, -0.2) is 11.9 Å². The molecule has 1 saturated carbocycles. The standard InChI is InChI=1S/C13H16FNO/c1-3-9-7-12(9)15-13(16)10-5-4-8(2)6-11(10)14/h4-6,9,12H,3,7H2,1-2H3,(H,15,16). The van der Waals surface area contributed by atoms with Gasteiger partial charge < -0.3 is 5.32 Å². The first-order valence-electron chi connectivity index (χ1n) is 5.69. The Hall–Kier alpha value is -1.38. The topological polar surface area (TPSA) is 29.1 Å². The lowest BCUT2D eigenvalue weighted by Crippen LogP contribution is -2.27. The number of hydrogen-bond donors (Lipinski definition) is 1. The molecule has 1 amide bonds. The average Bonchev–Trinajstić information content (AvgIpc) is 2.96. The Kier molecular flexibility index (Phi) is 2.95. The summed E-state index contributed by atoms with van der Waals surface area (Å²) in [6.45, 7) is 3.90. The molecule has 0 bridgehead atoms. The highest BCUT2D eigenvalue weighted by molar-refractivity contribution is 5.94. The van der Waals surface area contributed by atoms with Gasteiger partial charge in [0.2, 0.25) is 0 Å². The summed E-state index contributed by atoms with van der Waals surface area (Å²) in [5, 5.41) is 2.85. The zero-order chi connectivity index (χ0) is 11.7. The van der Waals surface area contributed by atoms with Crippen molar-refractivity contribution in [2.45, 2.75) is 32.7 Å². The van der Waals surface area contributed by atoms with Gasteiger partial charge in [-0.2, -0.15) is 0 Å². The number of hydrogen-bond acceptors (Lipinski definition) is 1. The van der Waals surface area contributed by atoms with Crippen LogP contribution in [0.2, 0.25) is 0 Å². The molecule has 1 aliphatic rings. The van der Waals surface area contributed by atoms with Crippen LogP contribution in [-0.2, 0) is 0 Å². The Morgan fingerprint density at radius 2 is 2.31 bits per heavy atom. The van der Waals surface area contributed by atoms with E-state index < -0.39 is 5.82 Å². The van der Waals surface area contributed by atoms with Crippen molar-refractivity contribution in [2.75, 3.05) is 0 Å². The fourth-order valence-electron chi connectivity index (χ4n) is 1.93. The summed E-state index contributed by atoms with van der Waals surface area (Å²) in [6, 6.07) is 4.93. The van der Waals surface area contributed by atoms with E-state index in [9.17, 15) is 9.18 Å². The third-order valence-electron chi connectivity index (χ3n) is 3.13. The van der Waals surface area contributed by atoms with Gasteiger partial charge in [-0.05, 0) is 37.0 Å². The van der Waals surface area contributed by atoms with Crippen LogP contribution in [0.5, 0.6) is 0 Å². The van der Waals surface area contributed by atoms with Crippen molar-refractivity contribution in [1.29, 1.82) is 0 Å². The maximum absolute atomic E-state index is 13.5. The minimum atomic E-state index is -0.439. The average molecular weight is 221 g/mol. The van der Waals surface area contributed by atoms with Crippen molar-refractivity contribution in [1.82, 2.24) is 5.32 Å². The van der Waals surface area contributed by atoms with E-state index in [1.165, 1.54) is 6.07 Å². The lowest BCUT2D eigenvalue weighted by Gasteiger charge is -2.05. The largest absolute Gasteiger partial charge is 0.349 e. The first kappa shape index (κ1) is 11.1. The number of carbonyl (C=O) groups is 1. The molecule has 2 atom stereocenters. The maximum Gasteiger partial charge on any atom is 0.254 e. The van der Waals surface area contributed by atoms with E-state index in [0.717, 1.165) is 18.4 Å². The molecule has 16 heavy (non-hydrogen) atoms. The highest BCUT2D eigenvalue weighted by Gasteiger charge is 2.36. The molecule has 0 aliphatic heterocycles. The molecule has 0 heterocycles. The Morgan fingerprint density at radius 3 is 2.88 bits per heavy atom. The van der Waals surface area contributed by atoms with Gasteiger partial charge in [0.15, 0.2) is 0 Å². The van der Waals surface area contributed by atoms with Crippen molar-refractivity contribution in [3.8, 4) is 0 Å². The molecule has 1 aromatic carbocycles. The normalized spacial score (nSPS) is 22.9. The summed E-state index contributed by atoms with van der Waals surface area (Å²) in [5.41, 5.74) is 0.972. The molecule has 0 saturated heterocycles. The highest BCUT2D eigenvalue weighted by Crippen LogP contribution is 2.33. The molecule has 1 N–H and O–H groups in total. The van der Waals surface area contributed by atoms with Gasteiger partial charge >= 0.3 is 0 Å². The van der Waals surface area contributed by atoms with Crippen LogP contribution >= 0.6 is 0 Å². The quantitative estimate of drug-likeness (QED) is 0.835. The fraction of sp³-hybridized carbons (Fsp3) is 0.462. The third-order valence-corrected chi connectivity index (χ3v) is 3.13. The van der Waals surface area contributed by atoms with Crippen LogP contribution < -0.4 is 5.32 Å². The molecule has 0 spiro atoms. The Balaban J connectivity index is 2.04. The molecule has 1 aliphatic carbocycles. The summed E-state index contributed by atoms with van der Waals surface area (Å²) < 4.78 is 13.5. The van der Waals surface area contributed by atoms with E-state index >= 15 is 0 Å². The molecular formula is C13H16FNO. The molecule has 2 nitrogen and oxygen atoms in total. The van der Waals surface area contributed by atoms with Gasteiger partial charge in [0.25, 0.3) is 5.91 Å². The summed E-state index contributed by atoms with van der Waals surface area (Å²) in [5.74, 6) is -0.151. The highest BCUT2D eigenvalue weighted by atomic mass is 19.1. The number of rotatable bonds is 3. The number of benzene rings is 1. The number of nitrogens with one attached hydrogen (secondary N) is 1. The summed E-state index contributed by atoms with van der Waals surface area (Å²) in [6.07, 6.45) is 2.09. The van der Waals surface area contributed by atoms with E-state index in [0.29, 0.717) is 5.92 Å². The minimum Gasteiger partial charge on any atom is -0.349 e. The summed E-state index contributed by atoms with van der Waals surface area (Å²) in [4.78, 5) is 11.7. The second-order valence-corrected chi connectivity index (χ2v) is 4.47. The van der Waals surface area contributed by atoms with Crippen molar-refractivity contribution in [3.05, 3.63) is 35.1 Å². The van der Waals surface area contributed by atoms with Crippen LogP contribution in [0.15, 0.2) is 18.2 Å². The Morgan fingerprint density at radius 1 is 1.56 bits per heavy atom. The predicted octanol–water partition coefficient (Wildman–Crippen LogP) is 2.66. The molecule has 2 unspecified atom stereocenters. The molecule has 86 valence electrons. The predicted molar refractivity (Wildman–Crippen MR) is 60.8 cm³/mol. The molecule has 1 fully saturated rings. The first-order chi connectivity index (χ1) is 7.61. The van der Waals surface area contributed by atoms with Crippen LogP contribution in [0.3, 0.4) is 0 Å². The van der Waals surface area contributed by atoms with Crippen molar-refractivity contribution >= 4 is 5.91 Å². The molecule has 1 aromatic rings. The van der Waals surface area contributed by atoms with Gasteiger partial charge in [-0.1, -0.05) is 19.4 Å². The van der Waals surface area contributed by atoms with Crippen LogP contribution in [0.4, 0.5) is 4.39 Å². The SMILES string of the molecule is CCC1CC1NC(=O)c1ccc(C)cc1F. The number of halogens is 1.